The predicted octanol–water partition coefficient (Wildman–Crippen LogP) is 3.27. The Bertz CT molecular complexity index is 735. The van der Waals surface area contributed by atoms with Gasteiger partial charge < -0.3 is 20.7 Å². The zero-order valence-electron chi connectivity index (χ0n) is 14.5. The maximum atomic E-state index is 12.1. The third-order valence-corrected chi connectivity index (χ3v) is 4.05. The van der Waals surface area contributed by atoms with Crippen LogP contribution in [0.2, 0.25) is 0 Å². The molecule has 2 aromatic rings. The number of ether oxygens (including phenoxy) is 1. The molecule has 138 valence electrons. The third-order valence-electron chi connectivity index (χ3n) is 3.52. The van der Waals surface area contributed by atoms with Crippen LogP contribution in [0.15, 0.2) is 53.0 Å². The van der Waals surface area contributed by atoms with Gasteiger partial charge >= 0.3 is 0 Å². The summed E-state index contributed by atoms with van der Waals surface area (Å²) in [6.07, 6.45) is 0.750. The molecule has 0 unspecified atom stereocenters. The normalized spacial score (nSPS) is 10.2. The van der Waals surface area contributed by atoms with Crippen LogP contribution >= 0.6 is 15.9 Å². The molecule has 0 spiro atoms. The number of benzene rings is 2. The highest BCUT2D eigenvalue weighted by Gasteiger charge is 2.07. The van der Waals surface area contributed by atoms with Gasteiger partial charge in [-0.15, -0.1) is 0 Å². The Balaban J connectivity index is 1.83. The summed E-state index contributed by atoms with van der Waals surface area (Å²) in [5, 5.41) is 8.65. The highest BCUT2D eigenvalue weighted by atomic mass is 79.9. The molecule has 2 rings (SSSR count). The quantitative estimate of drug-likeness (QED) is 0.544. The van der Waals surface area contributed by atoms with Crippen molar-refractivity contribution in [3.05, 3.63) is 58.6 Å². The topological polar surface area (TPSA) is 79.5 Å². The minimum Gasteiger partial charge on any atom is -0.385 e. The fourth-order valence-electron chi connectivity index (χ4n) is 2.21. The zero-order chi connectivity index (χ0) is 18.8. The number of hydrogen-bond donors (Lipinski definition) is 3. The molecule has 0 aromatic heterocycles. The number of carbonyl (C=O) groups excluding carboxylic acids is 2. The van der Waals surface area contributed by atoms with Gasteiger partial charge in [0, 0.05) is 41.7 Å². The van der Waals surface area contributed by atoms with Crippen molar-refractivity contribution >= 4 is 39.1 Å². The van der Waals surface area contributed by atoms with E-state index in [2.05, 4.69) is 31.9 Å². The van der Waals surface area contributed by atoms with Crippen LogP contribution in [0.4, 0.5) is 11.4 Å². The van der Waals surface area contributed by atoms with Crippen molar-refractivity contribution in [1.82, 2.24) is 5.32 Å². The van der Waals surface area contributed by atoms with Crippen LogP contribution < -0.4 is 16.0 Å². The van der Waals surface area contributed by atoms with Crippen molar-refractivity contribution in [1.29, 1.82) is 0 Å². The highest BCUT2D eigenvalue weighted by molar-refractivity contribution is 9.10. The summed E-state index contributed by atoms with van der Waals surface area (Å²) in [5.41, 5.74) is 1.94. The first-order valence-corrected chi connectivity index (χ1v) is 9.04. The number of amides is 2. The molecule has 0 radical (unpaired) electrons. The zero-order valence-corrected chi connectivity index (χ0v) is 16.1. The minimum absolute atomic E-state index is 0.134. The molecule has 0 saturated carbocycles. The van der Waals surface area contributed by atoms with Crippen molar-refractivity contribution < 1.29 is 14.3 Å². The average molecular weight is 420 g/mol. The summed E-state index contributed by atoms with van der Waals surface area (Å²) in [5.74, 6) is -0.365. The van der Waals surface area contributed by atoms with Gasteiger partial charge in [0.2, 0.25) is 5.91 Å². The molecule has 0 atom stereocenters. The van der Waals surface area contributed by atoms with Crippen LogP contribution in [-0.4, -0.2) is 38.6 Å². The second-order valence-corrected chi connectivity index (χ2v) is 6.51. The van der Waals surface area contributed by atoms with Gasteiger partial charge in [0.05, 0.1) is 6.54 Å². The Morgan fingerprint density at radius 3 is 2.58 bits per heavy atom. The van der Waals surface area contributed by atoms with Crippen LogP contribution in [-0.2, 0) is 9.53 Å². The van der Waals surface area contributed by atoms with E-state index in [1.807, 2.05) is 24.3 Å². The van der Waals surface area contributed by atoms with E-state index in [1.165, 1.54) is 0 Å². The molecule has 6 nitrogen and oxygen atoms in total. The largest absolute Gasteiger partial charge is 0.385 e. The lowest BCUT2D eigenvalue weighted by Gasteiger charge is -2.10. The summed E-state index contributed by atoms with van der Waals surface area (Å²) in [6, 6.07) is 14.4. The summed E-state index contributed by atoms with van der Waals surface area (Å²) >= 11 is 3.37. The van der Waals surface area contributed by atoms with Gasteiger partial charge in [-0.3, -0.25) is 9.59 Å². The van der Waals surface area contributed by atoms with E-state index < -0.39 is 0 Å². The van der Waals surface area contributed by atoms with Crippen LogP contribution in [0.1, 0.15) is 16.8 Å². The van der Waals surface area contributed by atoms with Gasteiger partial charge in [-0.1, -0.05) is 22.0 Å². The molecule has 3 N–H and O–H groups in total. The fraction of sp³-hybridized carbons (Fsp3) is 0.263. The van der Waals surface area contributed by atoms with E-state index in [0.717, 1.165) is 16.6 Å². The van der Waals surface area contributed by atoms with E-state index in [-0.39, 0.29) is 18.4 Å². The lowest BCUT2D eigenvalue weighted by molar-refractivity contribution is -0.114. The molecular weight excluding hydrogens is 398 g/mol. The molecule has 0 aliphatic heterocycles. The first kappa shape index (κ1) is 19.9. The third kappa shape index (κ3) is 6.85. The van der Waals surface area contributed by atoms with Crippen molar-refractivity contribution in [3.63, 3.8) is 0 Å². The standard InChI is InChI=1S/C19H22BrN3O3/c1-26-11-3-10-21-19(25)14-4-2-5-17(12-14)23-18(24)13-22-16-8-6-15(20)7-9-16/h2,4-9,12,22H,3,10-11,13H2,1H3,(H,21,25)(H,23,24). The highest BCUT2D eigenvalue weighted by Crippen LogP contribution is 2.14. The Kier molecular flexibility index (Phi) is 8.11. The van der Waals surface area contributed by atoms with Crippen molar-refractivity contribution in [3.8, 4) is 0 Å². The molecular formula is C19H22BrN3O3. The molecule has 7 heteroatoms. The smallest absolute Gasteiger partial charge is 0.251 e. The van der Waals surface area contributed by atoms with Gasteiger partial charge in [0.25, 0.3) is 5.91 Å². The van der Waals surface area contributed by atoms with E-state index in [1.54, 1.807) is 31.4 Å². The summed E-state index contributed by atoms with van der Waals surface area (Å²) < 4.78 is 5.92. The Morgan fingerprint density at radius 2 is 1.85 bits per heavy atom. The van der Waals surface area contributed by atoms with Crippen molar-refractivity contribution in [2.75, 3.05) is 37.4 Å². The monoisotopic (exact) mass is 419 g/mol. The van der Waals surface area contributed by atoms with Gasteiger partial charge in [-0.2, -0.15) is 0 Å². The molecule has 0 bridgehead atoms. The van der Waals surface area contributed by atoms with Gasteiger partial charge in [0.15, 0.2) is 0 Å². The molecule has 2 aromatic carbocycles. The van der Waals surface area contributed by atoms with Crippen LogP contribution in [0, 0.1) is 0 Å². The predicted molar refractivity (Wildman–Crippen MR) is 107 cm³/mol. The van der Waals surface area contributed by atoms with E-state index >= 15 is 0 Å². The summed E-state index contributed by atoms with van der Waals surface area (Å²) in [6.45, 7) is 1.27. The number of carbonyl (C=O) groups is 2. The number of methoxy groups -OCH3 is 1. The van der Waals surface area contributed by atoms with Gasteiger partial charge in [-0.25, -0.2) is 0 Å². The first-order chi connectivity index (χ1) is 12.6. The molecule has 0 fully saturated rings. The van der Waals surface area contributed by atoms with Gasteiger partial charge in [0.1, 0.15) is 0 Å². The molecule has 0 aliphatic carbocycles. The molecule has 0 saturated heterocycles. The molecule has 26 heavy (non-hydrogen) atoms. The Hall–Kier alpha value is -2.38. The number of hydrogen-bond acceptors (Lipinski definition) is 4. The van der Waals surface area contributed by atoms with Crippen molar-refractivity contribution in [2.24, 2.45) is 0 Å². The number of rotatable bonds is 9. The Labute approximate surface area is 161 Å². The maximum Gasteiger partial charge on any atom is 0.251 e. The van der Waals surface area contributed by atoms with E-state index in [0.29, 0.717) is 24.4 Å². The average Bonchev–Trinajstić information content (AvgIpc) is 2.65. The van der Waals surface area contributed by atoms with Crippen LogP contribution in [0.25, 0.3) is 0 Å². The fourth-order valence-corrected chi connectivity index (χ4v) is 2.48. The van der Waals surface area contributed by atoms with Crippen LogP contribution in [0.5, 0.6) is 0 Å². The summed E-state index contributed by atoms with van der Waals surface area (Å²) in [4.78, 5) is 24.2. The number of nitrogens with one attached hydrogen (secondary N) is 3. The first-order valence-electron chi connectivity index (χ1n) is 8.25. The van der Waals surface area contributed by atoms with Gasteiger partial charge in [-0.05, 0) is 48.9 Å². The molecule has 0 heterocycles. The lowest BCUT2D eigenvalue weighted by Crippen LogP contribution is -2.25. The number of halogens is 1. The minimum atomic E-state index is -0.189. The molecule has 2 amide bonds. The van der Waals surface area contributed by atoms with E-state index in [9.17, 15) is 9.59 Å². The Morgan fingerprint density at radius 1 is 1.08 bits per heavy atom. The van der Waals surface area contributed by atoms with Crippen LogP contribution in [0.3, 0.4) is 0 Å². The second kappa shape index (κ2) is 10.6. The lowest BCUT2D eigenvalue weighted by atomic mass is 10.2. The second-order valence-electron chi connectivity index (χ2n) is 5.59. The SMILES string of the molecule is COCCCNC(=O)c1cccc(NC(=O)CNc2ccc(Br)cc2)c1. The molecule has 0 aliphatic rings. The maximum absolute atomic E-state index is 12.1. The number of anilines is 2. The van der Waals surface area contributed by atoms with E-state index in [4.69, 9.17) is 4.74 Å². The summed E-state index contributed by atoms with van der Waals surface area (Å²) in [7, 11) is 1.62. The van der Waals surface area contributed by atoms with Crippen molar-refractivity contribution in [2.45, 2.75) is 6.42 Å².